The van der Waals surface area contributed by atoms with Crippen molar-refractivity contribution in [3.63, 3.8) is 0 Å². The van der Waals surface area contributed by atoms with Gasteiger partial charge in [-0.25, -0.2) is 4.98 Å². The number of benzene rings is 2. The Kier molecular flexibility index (Phi) is 6.53. The van der Waals surface area contributed by atoms with Crippen LogP contribution in [0.4, 0.5) is 11.4 Å². The number of para-hydroxylation sites is 2. The molecule has 0 aliphatic heterocycles. The van der Waals surface area contributed by atoms with Crippen LogP contribution in [0.3, 0.4) is 0 Å². The van der Waals surface area contributed by atoms with Crippen LogP contribution in [0, 0.1) is 7.14 Å². The molecule has 5 heteroatoms. The first-order valence-electron chi connectivity index (χ1n) is 8.12. The molecule has 0 saturated carbocycles. The van der Waals surface area contributed by atoms with E-state index in [2.05, 4.69) is 57.3 Å². The van der Waals surface area contributed by atoms with Crippen LogP contribution in [-0.2, 0) is 0 Å². The molecule has 26 heavy (non-hydrogen) atoms. The molecule has 0 amide bonds. The average molecular weight is 565 g/mol. The molecule has 0 atom stereocenters. The Morgan fingerprint density at radius 3 is 1.50 bits per heavy atom. The van der Waals surface area contributed by atoms with Gasteiger partial charge in [0.25, 0.3) is 0 Å². The Morgan fingerprint density at radius 2 is 1.08 bits per heavy atom. The van der Waals surface area contributed by atoms with E-state index in [1.165, 1.54) is 0 Å². The molecule has 0 unspecified atom stereocenters. The van der Waals surface area contributed by atoms with Gasteiger partial charge in [-0.05, 0) is 95.4 Å². The van der Waals surface area contributed by atoms with Gasteiger partial charge in [0, 0.05) is 7.14 Å². The topological polar surface area (TPSA) is 37.6 Å². The maximum Gasteiger partial charge on any atom is 0.0849 e. The SMILES string of the molecule is C/C(=N\c1ccccc1I)c1cccc(/C(C)=N/c2ccccc2I)n1. The van der Waals surface area contributed by atoms with E-state index in [1.54, 1.807) is 0 Å². The van der Waals surface area contributed by atoms with E-state index in [0.717, 1.165) is 41.3 Å². The number of aliphatic imine (C=N–C) groups is 2. The van der Waals surface area contributed by atoms with Crippen molar-refractivity contribution in [2.75, 3.05) is 0 Å². The summed E-state index contributed by atoms with van der Waals surface area (Å²) in [6, 6.07) is 22.1. The molecule has 0 radical (unpaired) electrons. The maximum atomic E-state index is 4.76. The van der Waals surface area contributed by atoms with Crippen molar-refractivity contribution in [3.05, 3.63) is 85.3 Å². The minimum atomic E-state index is 0.861. The van der Waals surface area contributed by atoms with Gasteiger partial charge in [0.2, 0.25) is 0 Å². The van der Waals surface area contributed by atoms with Gasteiger partial charge in [0.15, 0.2) is 0 Å². The number of hydrogen-bond donors (Lipinski definition) is 0. The van der Waals surface area contributed by atoms with E-state index >= 15 is 0 Å². The predicted octanol–water partition coefficient (Wildman–Crippen LogP) is 6.57. The molecule has 3 aromatic rings. The summed E-state index contributed by atoms with van der Waals surface area (Å²) in [5, 5.41) is 0. The van der Waals surface area contributed by atoms with Crippen LogP contribution in [0.5, 0.6) is 0 Å². The minimum absolute atomic E-state index is 0.861. The number of rotatable bonds is 4. The summed E-state index contributed by atoms with van der Waals surface area (Å²) in [5.74, 6) is 0. The molecule has 1 aromatic heterocycles. The normalized spacial score (nSPS) is 12.3. The number of nitrogens with zero attached hydrogens (tertiary/aromatic N) is 3. The summed E-state index contributed by atoms with van der Waals surface area (Å²) < 4.78 is 2.24. The largest absolute Gasteiger partial charge is 0.250 e. The monoisotopic (exact) mass is 565 g/mol. The van der Waals surface area contributed by atoms with Crippen LogP contribution in [0.2, 0.25) is 0 Å². The van der Waals surface area contributed by atoms with E-state index in [1.807, 2.05) is 68.4 Å². The van der Waals surface area contributed by atoms with Crippen LogP contribution < -0.4 is 0 Å². The fourth-order valence-electron chi connectivity index (χ4n) is 2.40. The molecular formula is C21H17I2N3. The third kappa shape index (κ3) is 4.76. The van der Waals surface area contributed by atoms with Crippen molar-refractivity contribution >= 4 is 68.0 Å². The lowest BCUT2D eigenvalue weighted by molar-refractivity contribution is 1.24. The molecule has 0 aliphatic rings. The molecule has 0 aliphatic carbocycles. The van der Waals surface area contributed by atoms with E-state index < -0.39 is 0 Å². The number of pyridine rings is 1. The molecule has 0 bridgehead atoms. The van der Waals surface area contributed by atoms with Gasteiger partial charge in [-0.15, -0.1) is 0 Å². The lowest BCUT2D eigenvalue weighted by Crippen LogP contribution is -2.05. The molecule has 0 N–H and O–H groups in total. The first kappa shape index (κ1) is 19.2. The molecule has 0 fully saturated rings. The van der Waals surface area contributed by atoms with E-state index in [-0.39, 0.29) is 0 Å². The summed E-state index contributed by atoms with van der Waals surface area (Å²) in [7, 11) is 0. The van der Waals surface area contributed by atoms with Crippen LogP contribution in [0.1, 0.15) is 25.2 Å². The van der Waals surface area contributed by atoms with Crippen LogP contribution >= 0.6 is 45.2 Å². The standard InChI is InChI=1S/C21H17I2N3/c1-14(24-20-10-5-3-8-16(20)22)18-12-7-13-19(26-18)15(2)25-21-11-6-4-9-17(21)23/h3-13H,1-2H3/b24-14+,25-15+. The lowest BCUT2D eigenvalue weighted by atomic mass is 10.2. The highest BCUT2D eigenvalue weighted by Gasteiger charge is 2.06. The van der Waals surface area contributed by atoms with Crippen molar-refractivity contribution in [2.45, 2.75) is 13.8 Å². The minimum Gasteiger partial charge on any atom is -0.250 e. The highest BCUT2D eigenvalue weighted by atomic mass is 127. The Labute approximate surface area is 181 Å². The Morgan fingerprint density at radius 1 is 0.654 bits per heavy atom. The molecule has 0 spiro atoms. The zero-order valence-corrected chi connectivity index (χ0v) is 18.8. The van der Waals surface area contributed by atoms with Crippen LogP contribution in [0.25, 0.3) is 0 Å². The number of halogens is 2. The van der Waals surface area contributed by atoms with E-state index in [9.17, 15) is 0 Å². The summed E-state index contributed by atoms with van der Waals surface area (Å²) in [6.07, 6.45) is 0. The first-order valence-corrected chi connectivity index (χ1v) is 10.3. The van der Waals surface area contributed by atoms with Gasteiger partial charge in [0.1, 0.15) is 0 Å². The van der Waals surface area contributed by atoms with Gasteiger partial charge >= 0.3 is 0 Å². The van der Waals surface area contributed by atoms with Gasteiger partial charge in [-0.1, -0.05) is 30.3 Å². The van der Waals surface area contributed by atoms with Crippen molar-refractivity contribution in [1.29, 1.82) is 0 Å². The molecule has 130 valence electrons. The third-order valence-electron chi connectivity index (χ3n) is 3.77. The maximum absolute atomic E-state index is 4.76. The zero-order valence-electron chi connectivity index (χ0n) is 14.4. The smallest absolute Gasteiger partial charge is 0.0849 e. The number of aromatic nitrogens is 1. The molecule has 1 heterocycles. The van der Waals surface area contributed by atoms with Gasteiger partial charge in [-0.3, -0.25) is 9.98 Å². The summed E-state index contributed by atoms with van der Waals surface area (Å²) >= 11 is 4.60. The summed E-state index contributed by atoms with van der Waals surface area (Å²) in [5.41, 5.74) is 5.42. The quantitative estimate of drug-likeness (QED) is 0.261. The van der Waals surface area contributed by atoms with Crippen molar-refractivity contribution in [3.8, 4) is 0 Å². The molecular weight excluding hydrogens is 548 g/mol. The third-order valence-corrected chi connectivity index (χ3v) is 5.60. The Balaban J connectivity index is 1.93. The predicted molar refractivity (Wildman–Crippen MR) is 126 cm³/mol. The van der Waals surface area contributed by atoms with Crippen molar-refractivity contribution < 1.29 is 0 Å². The fraction of sp³-hybridized carbons (Fsp3) is 0.0952. The lowest BCUT2D eigenvalue weighted by Gasteiger charge is -2.06. The zero-order chi connectivity index (χ0) is 18.5. The van der Waals surface area contributed by atoms with Crippen LogP contribution in [0.15, 0.2) is 76.7 Å². The van der Waals surface area contributed by atoms with Crippen LogP contribution in [-0.4, -0.2) is 16.4 Å². The fourth-order valence-corrected chi connectivity index (χ4v) is 3.41. The Hall–Kier alpha value is -1.61. The van der Waals surface area contributed by atoms with Crippen molar-refractivity contribution in [2.24, 2.45) is 9.98 Å². The average Bonchev–Trinajstić information content (AvgIpc) is 2.65. The van der Waals surface area contributed by atoms with Gasteiger partial charge in [0.05, 0.1) is 34.2 Å². The van der Waals surface area contributed by atoms with E-state index in [4.69, 9.17) is 15.0 Å². The second-order valence-electron chi connectivity index (χ2n) is 5.71. The molecule has 3 rings (SSSR count). The molecule has 3 nitrogen and oxygen atoms in total. The summed E-state index contributed by atoms with van der Waals surface area (Å²) in [4.78, 5) is 14.2. The first-order chi connectivity index (χ1) is 12.5. The Bertz CT molecular complexity index is 917. The summed E-state index contributed by atoms with van der Waals surface area (Å²) in [6.45, 7) is 3.98. The van der Waals surface area contributed by atoms with Gasteiger partial charge < -0.3 is 0 Å². The van der Waals surface area contributed by atoms with E-state index in [0.29, 0.717) is 0 Å². The second kappa shape index (κ2) is 8.85. The highest BCUT2D eigenvalue weighted by Crippen LogP contribution is 2.23. The molecule has 0 saturated heterocycles. The van der Waals surface area contributed by atoms with Gasteiger partial charge in [-0.2, -0.15) is 0 Å². The number of hydrogen-bond acceptors (Lipinski definition) is 3. The van der Waals surface area contributed by atoms with Crippen molar-refractivity contribution in [1.82, 2.24) is 4.98 Å². The highest BCUT2D eigenvalue weighted by molar-refractivity contribution is 14.1. The molecule has 2 aromatic carbocycles. The second-order valence-corrected chi connectivity index (χ2v) is 8.03.